The van der Waals surface area contributed by atoms with Crippen molar-refractivity contribution in [3.63, 3.8) is 0 Å². The fraction of sp³-hybridized carbons (Fsp3) is 0.158. The van der Waals surface area contributed by atoms with Crippen LogP contribution in [-0.2, 0) is 13.6 Å². The van der Waals surface area contributed by atoms with Gasteiger partial charge in [0.15, 0.2) is 5.78 Å². The smallest absolute Gasteiger partial charge is 0.202 e. The molecule has 5 nitrogen and oxygen atoms in total. The molecule has 0 aliphatic rings. The molecule has 0 saturated carbocycles. The summed E-state index contributed by atoms with van der Waals surface area (Å²) in [5, 5.41) is 8.85. The molecule has 3 rings (SSSR count). The fourth-order valence-corrected chi connectivity index (χ4v) is 2.76. The molecule has 0 fully saturated rings. The largest absolute Gasteiger partial charge is 0.497 e. The van der Waals surface area contributed by atoms with E-state index in [1.165, 1.54) is 0 Å². The standard InChI is InChI=1S/C19H18ClN3O2/c1-22-17(13-5-9-16(25-2)10-6-13)11-23(19(22)21)12-18(24)14-3-7-15(20)8-4-14/h3-11,21H,12H2,1-2H3. The van der Waals surface area contributed by atoms with Crippen molar-refractivity contribution >= 4 is 17.4 Å². The Hall–Kier alpha value is -2.79. The van der Waals surface area contributed by atoms with Gasteiger partial charge in [-0.3, -0.25) is 10.2 Å². The van der Waals surface area contributed by atoms with Crippen LogP contribution in [0.3, 0.4) is 0 Å². The van der Waals surface area contributed by atoms with E-state index in [1.54, 1.807) is 40.5 Å². The van der Waals surface area contributed by atoms with Crippen LogP contribution in [0.25, 0.3) is 11.3 Å². The summed E-state index contributed by atoms with van der Waals surface area (Å²) in [6.07, 6.45) is 1.82. The fourth-order valence-electron chi connectivity index (χ4n) is 2.63. The second-order valence-electron chi connectivity index (χ2n) is 5.68. The first-order valence-corrected chi connectivity index (χ1v) is 8.11. The highest BCUT2D eigenvalue weighted by Crippen LogP contribution is 2.21. The van der Waals surface area contributed by atoms with Crippen molar-refractivity contribution in [3.8, 4) is 17.0 Å². The summed E-state index contributed by atoms with van der Waals surface area (Å²) in [6.45, 7) is 0.102. The van der Waals surface area contributed by atoms with E-state index >= 15 is 0 Å². The first kappa shape index (κ1) is 17.0. The molecule has 3 aromatic rings. The molecule has 0 spiro atoms. The third-order valence-corrected chi connectivity index (χ3v) is 4.35. The summed E-state index contributed by atoms with van der Waals surface area (Å²) >= 11 is 5.86. The van der Waals surface area contributed by atoms with Crippen molar-refractivity contribution in [3.05, 3.63) is 70.9 Å². The van der Waals surface area contributed by atoms with Crippen LogP contribution in [0.4, 0.5) is 0 Å². The van der Waals surface area contributed by atoms with Gasteiger partial charge in [0.05, 0.1) is 19.3 Å². The summed E-state index contributed by atoms with van der Waals surface area (Å²) < 4.78 is 8.55. The van der Waals surface area contributed by atoms with Gasteiger partial charge in [0.2, 0.25) is 5.62 Å². The summed E-state index contributed by atoms with van der Waals surface area (Å²) in [5.74, 6) is 0.705. The predicted molar refractivity (Wildman–Crippen MR) is 97.0 cm³/mol. The third-order valence-electron chi connectivity index (χ3n) is 4.10. The molecule has 1 aromatic heterocycles. The van der Waals surface area contributed by atoms with Crippen LogP contribution >= 0.6 is 11.6 Å². The van der Waals surface area contributed by atoms with Gasteiger partial charge >= 0.3 is 0 Å². The van der Waals surface area contributed by atoms with Crippen LogP contribution in [0.15, 0.2) is 54.7 Å². The van der Waals surface area contributed by atoms with E-state index in [1.807, 2.05) is 37.5 Å². The minimum atomic E-state index is -0.0675. The number of nitrogens with zero attached hydrogens (tertiary/aromatic N) is 2. The Bertz CT molecular complexity index is 954. The molecule has 0 aliphatic carbocycles. The van der Waals surface area contributed by atoms with E-state index in [2.05, 4.69) is 0 Å². The maximum atomic E-state index is 12.4. The second-order valence-corrected chi connectivity index (χ2v) is 6.12. The molecule has 0 bridgehead atoms. The van der Waals surface area contributed by atoms with Crippen molar-refractivity contribution in [2.24, 2.45) is 7.05 Å². The lowest BCUT2D eigenvalue weighted by molar-refractivity contribution is 0.0970. The molecule has 1 N–H and O–H groups in total. The number of methoxy groups -OCH3 is 1. The summed E-state index contributed by atoms with van der Waals surface area (Å²) in [6, 6.07) is 14.4. The molecule has 6 heteroatoms. The zero-order valence-electron chi connectivity index (χ0n) is 14.0. The summed E-state index contributed by atoms with van der Waals surface area (Å²) in [4.78, 5) is 12.4. The van der Waals surface area contributed by atoms with Crippen molar-refractivity contribution in [1.82, 2.24) is 9.13 Å². The second kappa shape index (κ2) is 6.99. The molecule has 0 unspecified atom stereocenters. The number of ether oxygens (including phenoxy) is 1. The van der Waals surface area contributed by atoms with Crippen LogP contribution < -0.4 is 10.4 Å². The minimum absolute atomic E-state index is 0.0675. The Labute approximate surface area is 150 Å². The van der Waals surface area contributed by atoms with Gasteiger partial charge in [0.1, 0.15) is 5.75 Å². The van der Waals surface area contributed by atoms with Gasteiger partial charge in [0, 0.05) is 23.8 Å². The number of hydrogen-bond donors (Lipinski definition) is 1. The van der Waals surface area contributed by atoms with Crippen LogP contribution in [-0.4, -0.2) is 22.0 Å². The normalized spacial score (nSPS) is 10.7. The molecular weight excluding hydrogens is 338 g/mol. The molecule has 128 valence electrons. The number of carbonyl (C=O) groups is 1. The van der Waals surface area contributed by atoms with E-state index < -0.39 is 0 Å². The van der Waals surface area contributed by atoms with Crippen LogP contribution in [0.1, 0.15) is 10.4 Å². The first-order valence-electron chi connectivity index (χ1n) is 7.73. The van der Waals surface area contributed by atoms with Gasteiger partial charge in [-0.05, 0) is 54.1 Å². The number of rotatable bonds is 5. The average Bonchev–Trinajstić information content (AvgIpc) is 2.91. The predicted octanol–water partition coefficient (Wildman–Crippen LogP) is 3.52. The topological polar surface area (TPSA) is 60.0 Å². The van der Waals surface area contributed by atoms with Gasteiger partial charge < -0.3 is 13.9 Å². The number of carbonyl (C=O) groups excluding carboxylic acids is 1. The molecule has 0 radical (unpaired) electrons. The maximum Gasteiger partial charge on any atom is 0.202 e. The third kappa shape index (κ3) is 3.51. The highest BCUT2D eigenvalue weighted by atomic mass is 35.5. The molecule has 1 heterocycles. The van der Waals surface area contributed by atoms with E-state index in [0.29, 0.717) is 10.6 Å². The number of Topliss-reactive ketones (excluding diaryl/α,β-unsaturated/α-hetero) is 1. The summed E-state index contributed by atoms with van der Waals surface area (Å²) in [5.41, 5.74) is 2.64. The highest BCUT2D eigenvalue weighted by molar-refractivity contribution is 6.30. The van der Waals surface area contributed by atoms with E-state index in [9.17, 15) is 4.79 Å². The Morgan fingerprint density at radius 3 is 2.36 bits per heavy atom. The number of imidazole rings is 1. The quantitative estimate of drug-likeness (QED) is 0.712. The molecule has 0 aliphatic heterocycles. The first-order chi connectivity index (χ1) is 12.0. The SMILES string of the molecule is COc1ccc(-c2cn(CC(=O)c3ccc(Cl)cc3)c(=N)n2C)cc1. The van der Waals surface area contributed by atoms with E-state index in [0.717, 1.165) is 17.0 Å². The lowest BCUT2D eigenvalue weighted by atomic mass is 10.1. The van der Waals surface area contributed by atoms with Crippen LogP contribution in [0, 0.1) is 5.41 Å². The Kier molecular flexibility index (Phi) is 4.76. The maximum absolute atomic E-state index is 12.4. The van der Waals surface area contributed by atoms with Gasteiger partial charge in [-0.25, -0.2) is 0 Å². The number of ketones is 1. The highest BCUT2D eigenvalue weighted by Gasteiger charge is 2.12. The Morgan fingerprint density at radius 2 is 1.76 bits per heavy atom. The molecular formula is C19H18ClN3O2. The van der Waals surface area contributed by atoms with Crippen molar-refractivity contribution in [2.45, 2.75) is 6.54 Å². The van der Waals surface area contributed by atoms with Crippen molar-refractivity contribution in [1.29, 1.82) is 5.41 Å². The number of benzene rings is 2. The number of hydrogen-bond acceptors (Lipinski definition) is 3. The van der Waals surface area contributed by atoms with Crippen LogP contribution in [0.2, 0.25) is 5.02 Å². The van der Waals surface area contributed by atoms with Crippen molar-refractivity contribution < 1.29 is 9.53 Å². The summed E-state index contributed by atoms with van der Waals surface area (Å²) in [7, 11) is 3.43. The van der Waals surface area contributed by atoms with Crippen LogP contribution in [0.5, 0.6) is 5.75 Å². The average molecular weight is 356 g/mol. The molecule has 0 atom stereocenters. The monoisotopic (exact) mass is 355 g/mol. The number of aromatic nitrogens is 2. The zero-order valence-corrected chi connectivity index (χ0v) is 14.7. The van der Waals surface area contributed by atoms with Crippen molar-refractivity contribution in [2.75, 3.05) is 7.11 Å². The zero-order chi connectivity index (χ0) is 18.0. The van der Waals surface area contributed by atoms with Gasteiger partial charge in [-0.15, -0.1) is 0 Å². The number of halogens is 1. The van der Waals surface area contributed by atoms with E-state index in [-0.39, 0.29) is 17.9 Å². The molecule has 0 amide bonds. The molecule has 0 saturated heterocycles. The lowest BCUT2D eigenvalue weighted by Gasteiger charge is -2.03. The lowest BCUT2D eigenvalue weighted by Crippen LogP contribution is -2.25. The molecule has 2 aromatic carbocycles. The minimum Gasteiger partial charge on any atom is -0.497 e. The van der Waals surface area contributed by atoms with Gasteiger partial charge in [-0.1, -0.05) is 11.6 Å². The Morgan fingerprint density at radius 1 is 1.12 bits per heavy atom. The Balaban J connectivity index is 1.89. The van der Waals surface area contributed by atoms with Gasteiger partial charge in [-0.2, -0.15) is 0 Å². The number of nitrogens with one attached hydrogen (secondary N) is 1. The van der Waals surface area contributed by atoms with Gasteiger partial charge in [0.25, 0.3) is 0 Å². The van der Waals surface area contributed by atoms with E-state index in [4.69, 9.17) is 21.7 Å². The molecule has 25 heavy (non-hydrogen) atoms.